The van der Waals surface area contributed by atoms with Gasteiger partial charge < -0.3 is 25.4 Å². The highest BCUT2D eigenvalue weighted by atomic mass is 79.9. The number of halogens is 1. The van der Waals surface area contributed by atoms with Crippen molar-refractivity contribution in [2.75, 3.05) is 13.7 Å². The SMILES string of the molecule is CNC(=O)[C@H]1[C@H]2C(=O)N([C@@H](CO)Cc3ccccc3)C(C(=O)NC(C)(C)C)C23CC(Br)[C@@H]1O3. The quantitative estimate of drug-likeness (QED) is 0.484. The lowest BCUT2D eigenvalue weighted by atomic mass is 9.70. The lowest BCUT2D eigenvalue weighted by Crippen LogP contribution is -2.60. The second-order valence-corrected chi connectivity index (χ2v) is 11.5. The number of ether oxygens (including phenoxy) is 1. The van der Waals surface area contributed by atoms with Gasteiger partial charge in [-0.3, -0.25) is 14.4 Å². The van der Waals surface area contributed by atoms with Crippen molar-refractivity contribution in [3.05, 3.63) is 35.9 Å². The van der Waals surface area contributed by atoms with Crippen LogP contribution >= 0.6 is 15.9 Å². The number of carbonyl (C=O) groups is 3. The van der Waals surface area contributed by atoms with Crippen LogP contribution in [0.5, 0.6) is 0 Å². The summed E-state index contributed by atoms with van der Waals surface area (Å²) in [7, 11) is 1.54. The Labute approximate surface area is 202 Å². The van der Waals surface area contributed by atoms with Crippen molar-refractivity contribution >= 4 is 33.7 Å². The normalized spacial score (nSPS) is 33.7. The molecule has 3 heterocycles. The number of carbonyl (C=O) groups excluding carboxylic acids is 3. The summed E-state index contributed by atoms with van der Waals surface area (Å²) in [6, 6.07) is 7.97. The monoisotopic (exact) mass is 521 g/mol. The minimum Gasteiger partial charge on any atom is -0.394 e. The molecule has 7 atom stereocenters. The average Bonchev–Trinajstić information content (AvgIpc) is 3.34. The van der Waals surface area contributed by atoms with Crippen LogP contribution in [0.3, 0.4) is 0 Å². The van der Waals surface area contributed by atoms with Crippen LogP contribution in [0, 0.1) is 11.8 Å². The predicted molar refractivity (Wildman–Crippen MR) is 126 cm³/mol. The number of benzene rings is 1. The number of alkyl halides is 1. The first kappa shape index (κ1) is 24.2. The molecule has 0 aliphatic carbocycles. The van der Waals surface area contributed by atoms with Crippen molar-refractivity contribution < 1.29 is 24.2 Å². The lowest BCUT2D eigenvalue weighted by molar-refractivity contribution is -0.146. The molecule has 1 aromatic rings. The van der Waals surface area contributed by atoms with E-state index in [9.17, 15) is 19.5 Å². The molecule has 3 aliphatic heterocycles. The first-order chi connectivity index (χ1) is 15.5. The predicted octanol–water partition coefficient (Wildman–Crippen LogP) is 0.999. The van der Waals surface area contributed by atoms with Crippen LogP contribution in [0.25, 0.3) is 0 Å². The van der Waals surface area contributed by atoms with E-state index >= 15 is 0 Å². The molecular formula is C24H32BrN3O5. The lowest BCUT2D eigenvalue weighted by Gasteiger charge is -2.38. The maximum absolute atomic E-state index is 13.9. The first-order valence-electron chi connectivity index (χ1n) is 11.4. The summed E-state index contributed by atoms with van der Waals surface area (Å²) in [6.07, 6.45) is 0.327. The number of likely N-dealkylation sites (tertiary alicyclic amines) is 1. The average molecular weight is 522 g/mol. The molecule has 3 N–H and O–H groups in total. The Hall–Kier alpha value is -1.97. The zero-order valence-electron chi connectivity index (χ0n) is 19.4. The fraction of sp³-hybridized carbons (Fsp3) is 0.625. The maximum atomic E-state index is 13.9. The molecule has 0 radical (unpaired) electrons. The molecular weight excluding hydrogens is 490 g/mol. The van der Waals surface area contributed by atoms with Crippen molar-refractivity contribution in [3.63, 3.8) is 0 Å². The molecule has 9 heteroatoms. The number of hydrogen-bond acceptors (Lipinski definition) is 5. The topological polar surface area (TPSA) is 108 Å². The maximum Gasteiger partial charge on any atom is 0.246 e. The molecule has 3 fully saturated rings. The third kappa shape index (κ3) is 3.98. The van der Waals surface area contributed by atoms with Gasteiger partial charge in [0.25, 0.3) is 0 Å². The number of hydrogen-bond donors (Lipinski definition) is 3. The summed E-state index contributed by atoms with van der Waals surface area (Å²) >= 11 is 3.63. The molecule has 0 aromatic heterocycles. The summed E-state index contributed by atoms with van der Waals surface area (Å²) in [6.45, 7) is 5.32. The highest BCUT2D eigenvalue weighted by Crippen LogP contribution is 2.60. The van der Waals surface area contributed by atoms with Crippen LogP contribution in [0.1, 0.15) is 32.8 Å². The van der Waals surface area contributed by atoms with E-state index in [-0.39, 0.29) is 29.2 Å². The summed E-state index contributed by atoms with van der Waals surface area (Å²) in [5.74, 6) is -2.40. The number of amides is 3. The van der Waals surface area contributed by atoms with E-state index in [2.05, 4.69) is 26.6 Å². The summed E-state index contributed by atoms with van der Waals surface area (Å²) in [4.78, 5) is 41.8. The van der Waals surface area contributed by atoms with Crippen molar-refractivity contribution in [1.82, 2.24) is 15.5 Å². The van der Waals surface area contributed by atoms with Crippen LogP contribution in [0.2, 0.25) is 0 Å². The van der Waals surface area contributed by atoms with Gasteiger partial charge in [0, 0.05) is 17.4 Å². The fourth-order valence-electron chi connectivity index (χ4n) is 5.80. The van der Waals surface area contributed by atoms with E-state index in [1.807, 2.05) is 51.1 Å². The smallest absolute Gasteiger partial charge is 0.246 e. The van der Waals surface area contributed by atoms with Gasteiger partial charge in [0.05, 0.1) is 30.6 Å². The van der Waals surface area contributed by atoms with Gasteiger partial charge in [-0.25, -0.2) is 0 Å². The molecule has 2 bridgehead atoms. The van der Waals surface area contributed by atoms with Crippen molar-refractivity contribution in [3.8, 4) is 0 Å². The molecule has 33 heavy (non-hydrogen) atoms. The molecule has 4 rings (SSSR count). The Morgan fingerprint density at radius 3 is 2.52 bits per heavy atom. The van der Waals surface area contributed by atoms with Crippen molar-refractivity contribution in [2.45, 2.75) is 67.8 Å². The Morgan fingerprint density at radius 1 is 1.27 bits per heavy atom. The van der Waals surface area contributed by atoms with E-state index in [0.717, 1.165) is 5.56 Å². The molecule has 3 amide bonds. The van der Waals surface area contributed by atoms with Crippen LogP contribution in [0.15, 0.2) is 30.3 Å². The molecule has 3 aliphatic rings. The number of fused-ring (bicyclic) bond motifs is 1. The van der Waals surface area contributed by atoms with Gasteiger partial charge in [-0.1, -0.05) is 46.3 Å². The third-order valence-electron chi connectivity index (χ3n) is 6.94. The highest BCUT2D eigenvalue weighted by Gasteiger charge is 2.77. The number of rotatable bonds is 6. The second kappa shape index (κ2) is 8.67. The van der Waals surface area contributed by atoms with Gasteiger partial charge in [-0.15, -0.1) is 0 Å². The van der Waals surface area contributed by atoms with Crippen LogP contribution in [-0.4, -0.2) is 75.5 Å². The number of aliphatic hydroxyl groups excluding tert-OH is 1. The number of nitrogens with one attached hydrogen (secondary N) is 2. The minimum absolute atomic E-state index is 0.157. The summed E-state index contributed by atoms with van der Waals surface area (Å²) in [5.41, 5.74) is -0.716. The molecule has 8 nitrogen and oxygen atoms in total. The van der Waals surface area contributed by atoms with Gasteiger partial charge in [-0.2, -0.15) is 0 Å². The zero-order chi connectivity index (χ0) is 24.1. The van der Waals surface area contributed by atoms with Crippen LogP contribution < -0.4 is 10.6 Å². The van der Waals surface area contributed by atoms with E-state index in [1.165, 1.54) is 11.9 Å². The fourth-order valence-corrected chi connectivity index (χ4v) is 6.74. The first-order valence-corrected chi connectivity index (χ1v) is 12.3. The molecule has 180 valence electrons. The Morgan fingerprint density at radius 2 is 1.94 bits per heavy atom. The highest BCUT2D eigenvalue weighted by molar-refractivity contribution is 9.09. The van der Waals surface area contributed by atoms with E-state index < -0.39 is 41.2 Å². The molecule has 3 saturated heterocycles. The van der Waals surface area contributed by atoms with Crippen molar-refractivity contribution in [2.24, 2.45) is 11.8 Å². The molecule has 1 aromatic carbocycles. The molecule has 1 spiro atoms. The van der Waals surface area contributed by atoms with E-state index in [1.54, 1.807) is 0 Å². The third-order valence-corrected chi connectivity index (χ3v) is 7.79. The van der Waals surface area contributed by atoms with E-state index in [4.69, 9.17) is 4.74 Å². The van der Waals surface area contributed by atoms with Crippen LogP contribution in [0.4, 0.5) is 0 Å². The van der Waals surface area contributed by atoms with E-state index in [0.29, 0.717) is 12.8 Å². The summed E-state index contributed by atoms with van der Waals surface area (Å²) in [5, 5.41) is 16.0. The number of nitrogens with zero attached hydrogens (tertiary/aromatic N) is 1. The number of aliphatic hydroxyl groups is 1. The second-order valence-electron chi connectivity index (χ2n) is 10.3. The molecule has 3 unspecified atom stereocenters. The van der Waals surface area contributed by atoms with Crippen molar-refractivity contribution in [1.29, 1.82) is 0 Å². The van der Waals surface area contributed by atoms with Gasteiger partial charge in [0.15, 0.2) is 0 Å². The zero-order valence-corrected chi connectivity index (χ0v) is 21.0. The Kier molecular flexibility index (Phi) is 6.35. The Bertz CT molecular complexity index is 936. The van der Waals surface area contributed by atoms with Gasteiger partial charge >= 0.3 is 0 Å². The van der Waals surface area contributed by atoms with Gasteiger partial charge in [-0.05, 0) is 39.2 Å². The Balaban J connectivity index is 1.78. The van der Waals surface area contributed by atoms with Gasteiger partial charge in [0.2, 0.25) is 17.7 Å². The molecule has 0 saturated carbocycles. The summed E-state index contributed by atoms with van der Waals surface area (Å²) < 4.78 is 6.41. The largest absolute Gasteiger partial charge is 0.394 e. The standard InChI is InChI=1S/C24H32BrN3O5/c1-23(2,3)27-21(31)19-24-11-15(25)18(33-24)16(20(30)26-4)17(24)22(32)28(19)14(12-29)10-13-8-6-5-7-9-13/h5-9,14-19,29H,10-12H2,1-4H3,(H,26,30)(H,27,31)/t14-,15?,16+,17+,18+,19?,24?/m1/s1. The van der Waals surface area contributed by atoms with Crippen LogP contribution in [-0.2, 0) is 25.5 Å². The van der Waals surface area contributed by atoms with Gasteiger partial charge in [0.1, 0.15) is 11.6 Å². The minimum atomic E-state index is -1.13.